The van der Waals surface area contributed by atoms with Crippen LogP contribution in [0.3, 0.4) is 0 Å². The molecule has 7 nitrogen and oxygen atoms in total. The number of benzene rings is 1. The van der Waals surface area contributed by atoms with Gasteiger partial charge in [0, 0.05) is 12.3 Å². The molecule has 1 N–H and O–H groups in total. The van der Waals surface area contributed by atoms with Crippen LogP contribution in [0.5, 0.6) is 11.6 Å². The number of ether oxygens (including phenoxy) is 1. The van der Waals surface area contributed by atoms with Gasteiger partial charge in [-0.15, -0.1) is 0 Å². The summed E-state index contributed by atoms with van der Waals surface area (Å²) in [4.78, 5) is 25.3. The SMILES string of the molecule is Cc1cnc(Oc2cc(C(=O)O)ccc2I)c([N+](=O)[O-])c1. The molecule has 108 valence electrons. The molecule has 1 aromatic carbocycles. The predicted octanol–water partition coefficient (Wildman–Crippen LogP) is 3.39. The van der Waals surface area contributed by atoms with Gasteiger partial charge in [0.25, 0.3) is 5.88 Å². The summed E-state index contributed by atoms with van der Waals surface area (Å²) in [5.41, 5.74) is 0.384. The van der Waals surface area contributed by atoms with Gasteiger partial charge in [-0.3, -0.25) is 10.1 Å². The summed E-state index contributed by atoms with van der Waals surface area (Å²) < 4.78 is 6.04. The summed E-state index contributed by atoms with van der Waals surface area (Å²) >= 11 is 1.95. The van der Waals surface area contributed by atoms with E-state index in [-0.39, 0.29) is 22.9 Å². The Morgan fingerprint density at radius 1 is 1.43 bits per heavy atom. The van der Waals surface area contributed by atoms with E-state index >= 15 is 0 Å². The van der Waals surface area contributed by atoms with Gasteiger partial charge in [-0.05, 0) is 53.3 Å². The van der Waals surface area contributed by atoms with Crippen LogP contribution in [0.1, 0.15) is 15.9 Å². The molecule has 0 aliphatic rings. The van der Waals surface area contributed by atoms with Gasteiger partial charge in [0.2, 0.25) is 0 Å². The number of hydrogen-bond donors (Lipinski definition) is 1. The third kappa shape index (κ3) is 3.45. The van der Waals surface area contributed by atoms with Crippen molar-refractivity contribution in [2.45, 2.75) is 6.92 Å². The maximum absolute atomic E-state index is 11.0. The molecule has 0 bridgehead atoms. The number of pyridine rings is 1. The first kappa shape index (κ1) is 15.2. The van der Waals surface area contributed by atoms with Crippen molar-refractivity contribution in [1.29, 1.82) is 0 Å². The molecule has 0 atom stereocenters. The van der Waals surface area contributed by atoms with Crippen molar-refractivity contribution in [2.75, 3.05) is 0 Å². The van der Waals surface area contributed by atoms with Gasteiger partial charge in [0.05, 0.1) is 14.1 Å². The van der Waals surface area contributed by atoms with Gasteiger partial charge < -0.3 is 9.84 Å². The van der Waals surface area contributed by atoms with Crippen LogP contribution in [-0.4, -0.2) is 21.0 Å². The normalized spacial score (nSPS) is 10.2. The fourth-order valence-electron chi connectivity index (χ4n) is 1.57. The van der Waals surface area contributed by atoms with Crippen LogP contribution in [0.2, 0.25) is 0 Å². The van der Waals surface area contributed by atoms with E-state index in [0.717, 1.165) is 0 Å². The van der Waals surface area contributed by atoms with Crippen molar-refractivity contribution in [3.05, 3.63) is 55.3 Å². The highest BCUT2D eigenvalue weighted by Crippen LogP contribution is 2.32. The molecule has 1 aromatic heterocycles. The topological polar surface area (TPSA) is 103 Å². The van der Waals surface area contributed by atoms with Crippen molar-refractivity contribution in [2.24, 2.45) is 0 Å². The van der Waals surface area contributed by atoms with Crippen molar-refractivity contribution in [3.8, 4) is 11.6 Å². The molecule has 0 saturated heterocycles. The molecule has 0 saturated carbocycles. The number of aryl methyl sites for hydroxylation is 1. The van der Waals surface area contributed by atoms with Gasteiger partial charge >= 0.3 is 11.7 Å². The van der Waals surface area contributed by atoms with Crippen molar-refractivity contribution in [1.82, 2.24) is 4.98 Å². The second-order valence-electron chi connectivity index (χ2n) is 4.15. The fraction of sp³-hybridized carbons (Fsp3) is 0.0769. The van der Waals surface area contributed by atoms with Gasteiger partial charge in [-0.25, -0.2) is 9.78 Å². The van der Waals surface area contributed by atoms with Crippen LogP contribution < -0.4 is 4.74 Å². The molecule has 21 heavy (non-hydrogen) atoms. The molecular formula is C13H9IN2O5. The zero-order valence-corrected chi connectivity index (χ0v) is 12.9. The maximum Gasteiger partial charge on any atom is 0.335 e. The molecule has 2 rings (SSSR count). The van der Waals surface area contributed by atoms with Gasteiger partial charge in [-0.2, -0.15) is 0 Å². The number of carbonyl (C=O) groups is 1. The minimum Gasteiger partial charge on any atom is -0.478 e. The van der Waals surface area contributed by atoms with Crippen LogP contribution in [0.15, 0.2) is 30.5 Å². The van der Waals surface area contributed by atoms with E-state index in [2.05, 4.69) is 4.98 Å². The zero-order valence-electron chi connectivity index (χ0n) is 10.7. The lowest BCUT2D eigenvalue weighted by Crippen LogP contribution is -2.00. The number of nitro groups is 1. The van der Waals surface area contributed by atoms with Crippen molar-refractivity contribution in [3.63, 3.8) is 0 Å². The van der Waals surface area contributed by atoms with E-state index in [0.29, 0.717) is 9.13 Å². The molecule has 0 amide bonds. The number of hydrogen-bond acceptors (Lipinski definition) is 5. The number of halogens is 1. The summed E-state index contributed by atoms with van der Waals surface area (Å²) in [6.07, 6.45) is 1.44. The zero-order chi connectivity index (χ0) is 15.6. The monoisotopic (exact) mass is 400 g/mol. The predicted molar refractivity (Wildman–Crippen MR) is 81.8 cm³/mol. The van der Waals surface area contributed by atoms with Crippen LogP contribution >= 0.6 is 22.6 Å². The lowest BCUT2D eigenvalue weighted by Gasteiger charge is -2.08. The van der Waals surface area contributed by atoms with Gasteiger partial charge in [0.1, 0.15) is 5.75 Å². The van der Waals surface area contributed by atoms with E-state index in [9.17, 15) is 14.9 Å². The Labute approximate surface area is 132 Å². The van der Waals surface area contributed by atoms with E-state index in [4.69, 9.17) is 9.84 Å². The summed E-state index contributed by atoms with van der Waals surface area (Å²) in [7, 11) is 0. The largest absolute Gasteiger partial charge is 0.478 e. The quantitative estimate of drug-likeness (QED) is 0.480. The van der Waals surface area contributed by atoms with Gasteiger partial charge in [0.15, 0.2) is 0 Å². The minimum atomic E-state index is -1.11. The van der Waals surface area contributed by atoms with Crippen LogP contribution in [0.25, 0.3) is 0 Å². The number of carboxylic acids is 1. The number of nitrogens with zero attached hydrogens (tertiary/aromatic N) is 2. The maximum atomic E-state index is 11.0. The van der Waals surface area contributed by atoms with Crippen LogP contribution in [-0.2, 0) is 0 Å². The number of carboxylic acid groups (broad SMARTS) is 1. The van der Waals surface area contributed by atoms with Crippen molar-refractivity contribution >= 4 is 34.2 Å². The minimum absolute atomic E-state index is 0.0279. The molecule has 0 unspecified atom stereocenters. The van der Waals surface area contributed by atoms with Gasteiger partial charge in [-0.1, -0.05) is 0 Å². The first-order valence-electron chi connectivity index (χ1n) is 5.70. The molecular weight excluding hydrogens is 391 g/mol. The van der Waals surface area contributed by atoms with Crippen molar-refractivity contribution < 1.29 is 19.6 Å². The first-order valence-corrected chi connectivity index (χ1v) is 6.78. The highest BCUT2D eigenvalue weighted by molar-refractivity contribution is 14.1. The standard InChI is InChI=1S/C13H9IN2O5/c1-7-4-10(16(19)20)12(15-6-7)21-11-5-8(13(17)18)2-3-9(11)14/h2-6H,1H3,(H,17,18). The second-order valence-corrected chi connectivity index (χ2v) is 5.31. The second kappa shape index (κ2) is 6.04. The third-order valence-corrected chi connectivity index (χ3v) is 3.44. The summed E-state index contributed by atoms with van der Waals surface area (Å²) in [5.74, 6) is -1.08. The summed E-state index contributed by atoms with van der Waals surface area (Å²) in [6, 6.07) is 5.62. The average Bonchev–Trinajstić information content (AvgIpc) is 2.42. The molecule has 1 heterocycles. The lowest BCUT2D eigenvalue weighted by molar-refractivity contribution is -0.386. The average molecular weight is 400 g/mol. The van der Waals surface area contributed by atoms with E-state index in [1.54, 1.807) is 13.0 Å². The molecule has 0 spiro atoms. The number of rotatable bonds is 4. The molecule has 0 aliphatic carbocycles. The summed E-state index contributed by atoms with van der Waals surface area (Å²) in [5, 5.41) is 20.0. The molecule has 0 radical (unpaired) electrons. The lowest BCUT2D eigenvalue weighted by atomic mass is 10.2. The Kier molecular flexibility index (Phi) is 4.36. The smallest absolute Gasteiger partial charge is 0.335 e. The van der Waals surface area contributed by atoms with E-state index in [1.807, 2.05) is 22.6 Å². The molecule has 2 aromatic rings. The Hall–Kier alpha value is -2.23. The fourth-order valence-corrected chi connectivity index (χ4v) is 2.02. The number of aromatic carboxylic acids is 1. The van der Waals surface area contributed by atoms with Crippen LogP contribution in [0.4, 0.5) is 5.69 Å². The highest BCUT2D eigenvalue weighted by Gasteiger charge is 2.19. The Morgan fingerprint density at radius 3 is 2.76 bits per heavy atom. The Bertz CT molecular complexity index is 732. The number of aromatic nitrogens is 1. The van der Waals surface area contributed by atoms with E-state index in [1.165, 1.54) is 24.4 Å². The molecule has 0 aliphatic heterocycles. The highest BCUT2D eigenvalue weighted by atomic mass is 127. The molecule has 8 heteroatoms. The third-order valence-electron chi connectivity index (χ3n) is 2.55. The van der Waals surface area contributed by atoms with E-state index < -0.39 is 10.9 Å². The Balaban J connectivity index is 2.45. The molecule has 0 fully saturated rings. The Morgan fingerprint density at radius 2 is 2.14 bits per heavy atom. The summed E-state index contributed by atoms with van der Waals surface area (Å²) in [6.45, 7) is 1.68. The first-order chi connectivity index (χ1) is 9.88. The van der Waals surface area contributed by atoms with Crippen LogP contribution in [0, 0.1) is 20.6 Å².